The molecular formula is C143H189NY2-4. The summed E-state index contributed by atoms with van der Waals surface area (Å²) in [7, 11) is 0. The second-order valence-electron chi connectivity index (χ2n) is 32.1. The third kappa shape index (κ3) is 53.1. The SMILES string of the molecule is CC.CC.CC.CC.CC.CC.CC.CC.CC.CC.CC.CC.Cc1c2ccccc2c(C)c2ccccc12.Cc1c[c-]c(-c2[c-]cc(C)cc2)cc1.Cc1cc[c-]c(-c2[c-]ccc(C)c2)c1.Cc1ccc(C)c2ccccc12.Cc1ccc(C)cc1.Cc1ccc(C)nc1.Cc1ccc2cc(C)ccc2c1.Cc1ccc2cc3cc(C)ccc3cc2c1.Cc1cccc(C)c1.Cc1cccc2c(C)cccc12.[Y].[Y]. The number of benzene rings is 18. The molecule has 0 spiro atoms. The van der Waals surface area contributed by atoms with Gasteiger partial charge in [0, 0.05) is 77.3 Å². The van der Waals surface area contributed by atoms with Gasteiger partial charge in [0.05, 0.1) is 0 Å². The topological polar surface area (TPSA) is 12.9 Å². The van der Waals surface area contributed by atoms with Crippen LogP contribution in [0.5, 0.6) is 0 Å². The molecule has 2 radical (unpaired) electrons. The van der Waals surface area contributed by atoms with Crippen molar-refractivity contribution in [2.75, 3.05) is 0 Å². The van der Waals surface area contributed by atoms with Gasteiger partial charge in [-0.25, -0.2) is 22.3 Å². The minimum atomic E-state index is 0. The van der Waals surface area contributed by atoms with E-state index in [0.29, 0.717) is 0 Å². The van der Waals surface area contributed by atoms with Crippen molar-refractivity contribution in [2.24, 2.45) is 0 Å². The average Bonchev–Trinajstić information content (AvgIpc) is 0.765. The fourth-order valence-corrected chi connectivity index (χ4v) is 14.3. The van der Waals surface area contributed by atoms with Crippen LogP contribution in [0.1, 0.15) is 278 Å². The van der Waals surface area contributed by atoms with E-state index in [0.717, 1.165) is 27.9 Å². The van der Waals surface area contributed by atoms with Crippen molar-refractivity contribution in [3.05, 3.63) is 482 Å². The molecule has 0 aliphatic heterocycles. The maximum Gasteiger partial charge on any atom is 0.0372 e. The van der Waals surface area contributed by atoms with Crippen molar-refractivity contribution < 1.29 is 65.4 Å². The van der Waals surface area contributed by atoms with Crippen LogP contribution < -0.4 is 0 Å². The number of rotatable bonds is 2. The van der Waals surface area contributed by atoms with Gasteiger partial charge in [0.2, 0.25) is 0 Å². The molecule has 776 valence electrons. The van der Waals surface area contributed by atoms with Gasteiger partial charge >= 0.3 is 0 Å². The monoisotopic (exact) mass is 2100 g/mol. The molecule has 146 heavy (non-hydrogen) atoms. The number of nitrogens with zero attached hydrogens (tertiary/aromatic N) is 1. The zero-order chi connectivity index (χ0) is 110. The molecule has 1 aromatic heterocycles. The molecule has 0 aliphatic rings. The summed E-state index contributed by atoms with van der Waals surface area (Å²) < 4.78 is 0. The van der Waals surface area contributed by atoms with Gasteiger partial charge in [-0.2, -0.15) is 84.9 Å². The van der Waals surface area contributed by atoms with Crippen LogP contribution in [0.15, 0.2) is 346 Å². The number of pyridine rings is 1. The molecule has 0 atom stereocenters. The van der Waals surface area contributed by atoms with E-state index in [1.54, 1.807) is 0 Å². The summed E-state index contributed by atoms with van der Waals surface area (Å²) in [6, 6.07) is 133. The molecule has 0 saturated carbocycles. The fourth-order valence-electron chi connectivity index (χ4n) is 14.3. The van der Waals surface area contributed by atoms with E-state index in [1.165, 1.54) is 181 Å². The third-order valence-corrected chi connectivity index (χ3v) is 21.3. The fraction of sp³-hybridized carbons (Fsp3) is 0.308. The number of fused-ring (bicyclic) bond motifs is 7. The molecule has 0 unspecified atom stereocenters. The van der Waals surface area contributed by atoms with Crippen LogP contribution >= 0.6 is 0 Å². The first-order valence-electron chi connectivity index (χ1n) is 53.8. The predicted octanol–water partition coefficient (Wildman–Crippen LogP) is 45.3. The van der Waals surface area contributed by atoms with Crippen LogP contribution in [0.3, 0.4) is 0 Å². The summed E-state index contributed by atoms with van der Waals surface area (Å²) in [5.74, 6) is 0. The first-order valence-corrected chi connectivity index (χ1v) is 53.8. The summed E-state index contributed by atoms with van der Waals surface area (Å²) in [6.07, 6.45) is 1.87. The Hall–Kier alpha value is -10.9. The third-order valence-electron chi connectivity index (χ3n) is 21.3. The molecule has 0 saturated heterocycles. The minimum absolute atomic E-state index is 0. The number of hydrogen-bond acceptors (Lipinski definition) is 1. The average molecular weight is 2100 g/mol. The van der Waals surface area contributed by atoms with Crippen molar-refractivity contribution >= 4 is 75.4 Å². The summed E-state index contributed by atoms with van der Waals surface area (Å²) in [5.41, 5.74) is 30.6. The van der Waals surface area contributed by atoms with Crippen LogP contribution in [-0.4, -0.2) is 4.98 Å². The minimum Gasteiger partial charge on any atom is -0.261 e. The van der Waals surface area contributed by atoms with E-state index in [2.05, 4.69) is 463 Å². The van der Waals surface area contributed by atoms with E-state index in [1.807, 2.05) is 217 Å². The number of hydrogen-bond donors (Lipinski definition) is 0. The van der Waals surface area contributed by atoms with Crippen LogP contribution in [0.25, 0.3) is 97.7 Å². The Morgan fingerprint density at radius 3 is 0.644 bits per heavy atom. The maximum absolute atomic E-state index is 4.08. The zero-order valence-electron chi connectivity index (χ0n) is 99.5. The second-order valence-corrected chi connectivity index (χ2v) is 32.1. The van der Waals surface area contributed by atoms with E-state index < -0.39 is 0 Å². The molecule has 0 amide bonds. The predicted molar refractivity (Wildman–Crippen MR) is 662 cm³/mol. The van der Waals surface area contributed by atoms with Gasteiger partial charge in [0.15, 0.2) is 0 Å². The van der Waals surface area contributed by atoms with E-state index >= 15 is 0 Å². The molecule has 1 nitrogen and oxygen atoms in total. The Kier molecular flexibility index (Phi) is 85.7. The zero-order valence-corrected chi connectivity index (χ0v) is 105. The van der Waals surface area contributed by atoms with Crippen LogP contribution in [0.2, 0.25) is 0 Å². The van der Waals surface area contributed by atoms with Crippen molar-refractivity contribution in [3.63, 3.8) is 0 Å². The standard InChI is InChI=1S/2C16H14.2C14H12.3C12H12.2C8H10.C7H9N.12C2H6.2Y/c1-11-3-5-13-10-16-8-12(2)4-6-14(16)9-15(13)7-11;1-11-13-7-3-5-9-15(13)12(2)16-10-6-4-8-14(11)16;1-11-3-7-13(8-4-11)14-9-5-12(2)6-10-14;1-11-5-3-7-13(9-11)14-8-4-6-12(2)10-14;1-9-3-5-12-8-10(2)4-6-11(12)7-9;1-9-5-3-8-12-10(2)6-4-7-11(9)12;1-9-7-8-10(2)12-6-4-3-5-11(9)12;1-7-3-5-8(2)6-4-7;1-7-4-3-5-8(2)6-7;1-6-3-4-7(2)8-5-6;12*1-2;;/h2*3-10H,1-2H3;3-7,9H,1-2H3;3-6,9-10H,1-2H3;3*3-8H,1-2H3;2*3-6H,1-2H3;3-5H,1-2H3;12*1-2H3;;/q;;2*-2;;;;;;;;;;;;;;;;;;;;. The molecule has 0 N–H and O–H groups in total. The molecule has 0 bridgehead atoms. The van der Waals surface area contributed by atoms with Crippen molar-refractivity contribution in [1.29, 1.82) is 0 Å². The Bertz CT molecular complexity index is 6020. The van der Waals surface area contributed by atoms with Gasteiger partial charge < -0.3 is 0 Å². The van der Waals surface area contributed by atoms with Crippen molar-refractivity contribution in [3.8, 4) is 22.3 Å². The van der Waals surface area contributed by atoms with E-state index in [-0.39, 0.29) is 65.4 Å². The van der Waals surface area contributed by atoms with Gasteiger partial charge in [-0.1, -0.05) is 487 Å². The van der Waals surface area contributed by atoms with E-state index in [9.17, 15) is 0 Å². The summed E-state index contributed by atoms with van der Waals surface area (Å²) in [6.45, 7) is 90.3. The molecule has 1 heterocycles. The number of aryl methyl sites for hydroxylation is 20. The maximum atomic E-state index is 4.08. The largest absolute Gasteiger partial charge is 0.261 e. The van der Waals surface area contributed by atoms with Crippen LogP contribution in [0.4, 0.5) is 0 Å². The summed E-state index contributed by atoms with van der Waals surface area (Å²) in [5, 5.41) is 19.0. The molecule has 0 fully saturated rings. The van der Waals surface area contributed by atoms with Crippen molar-refractivity contribution in [1.82, 2.24) is 4.98 Å². The number of aromatic nitrogens is 1. The van der Waals surface area contributed by atoms with Crippen LogP contribution in [0, 0.1) is 163 Å². The van der Waals surface area contributed by atoms with Gasteiger partial charge in [-0.05, 0) is 243 Å². The second kappa shape index (κ2) is 87.2. The van der Waals surface area contributed by atoms with Gasteiger partial charge in [0.25, 0.3) is 0 Å². The molecule has 19 aromatic rings. The molecule has 3 heteroatoms. The first kappa shape index (κ1) is 144. The Balaban J connectivity index is -0.000000495. The first-order chi connectivity index (χ1) is 69.7. The van der Waals surface area contributed by atoms with Gasteiger partial charge in [-0.3, -0.25) is 4.98 Å². The van der Waals surface area contributed by atoms with E-state index in [4.69, 9.17) is 0 Å². The Morgan fingerprint density at radius 2 is 0.390 bits per heavy atom. The van der Waals surface area contributed by atoms with Gasteiger partial charge in [-0.15, -0.1) is 34.4 Å². The Labute approximate surface area is 945 Å². The molecule has 18 aromatic carbocycles. The van der Waals surface area contributed by atoms with Crippen LogP contribution in [-0.2, 0) is 65.4 Å². The smallest absolute Gasteiger partial charge is 0.0372 e. The summed E-state index contributed by atoms with van der Waals surface area (Å²) in [4.78, 5) is 4.08. The molecule has 0 aliphatic carbocycles. The molecule has 19 rings (SSSR count). The Morgan fingerprint density at radius 1 is 0.158 bits per heavy atom. The van der Waals surface area contributed by atoms with Crippen molar-refractivity contribution in [2.45, 2.75) is 305 Å². The quantitative estimate of drug-likeness (QED) is 0.124. The molecular weight excluding hydrogens is 1910 g/mol. The normalized spacial score (nSPS) is 8.99. The summed E-state index contributed by atoms with van der Waals surface area (Å²) >= 11 is 0. The van der Waals surface area contributed by atoms with Gasteiger partial charge in [0.1, 0.15) is 0 Å².